The Bertz CT molecular complexity index is 614. The molecule has 0 aliphatic rings. The van der Waals surface area contributed by atoms with Crippen LogP contribution in [0.15, 0.2) is 24.3 Å². The highest BCUT2D eigenvalue weighted by Gasteiger charge is 2.12. The highest BCUT2D eigenvalue weighted by molar-refractivity contribution is 14.1. The van der Waals surface area contributed by atoms with Gasteiger partial charge in [0.1, 0.15) is 11.6 Å². The van der Waals surface area contributed by atoms with E-state index in [0.717, 1.165) is 32.1 Å². The van der Waals surface area contributed by atoms with Crippen molar-refractivity contribution >= 4 is 40.0 Å². The molecule has 0 amide bonds. The van der Waals surface area contributed by atoms with E-state index >= 15 is 0 Å². The zero-order chi connectivity index (χ0) is 14.7. The molecule has 0 unspecified atom stereocenters. The summed E-state index contributed by atoms with van der Waals surface area (Å²) in [6.07, 6.45) is 1.51. The van der Waals surface area contributed by atoms with E-state index in [0.29, 0.717) is 18.2 Å². The first-order chi connectivity index (χ1) is 9.47. The summed E-state index contributed by atoms with van der Waals surface area (Å²) in [5, 5.41) is 0.735. The topological polar surface area (TPSA) is 51.8 Å². The molecule has 0 aliphatic heterocycles. The molecule has 1 heterocycles. The second-order valence-corrected chi connectivity index (χ2v) is 6.64. The standard InChI is InChI=1S/C15H17ClIN3/c1-9(2)7-12-14(17)15(18)20-13(19-12)8-10-5-3-4-6-11(10)16/h3-6,9H,7-8H2,1-2H3,(H2,18,19,20). The van der Waals surface area contributed by atoms with Gasteiger partial charge in [-0.1, -0.05) is 43.6 Å². The number of nitrogens with two attached hydrogens (primary N) is 1. The molecular weight excluding hydrogens is 385 g/mol. The Labute approximate surface area is 138 Å². The maximum Gasteiger partial charge on any atom is 0.140 e. The second kappa shape index (κ2) is 6.72. The molecule has 0 radical (unpaired) electrons. The van der Waals surface area contributed by atoms with Crippen molar-refractivity contribution in [3.63, 3.8) is 0 Å². The van der Waals surface area contributed by atoms with Gasteiger partial charge in [-0.15, -0.1) is 0 Å². The number of nitrogens with zero attached hydrogens (tertiary/aromatic N) is 2. The smallest absolute Gasteiger partial charge is 0.140 e. The lowest BCUT2D eigenvalue weighted by molar-refractivity contribution is 0.629. The van der Waals surface area contributed by atoms with E-state index in [1.54, 1.807) is 0 Å². The molecule has 3 nitrogen and oxygen atoms in total. The Morgan fingerprint density at radius 3 is 2.60 bits per heavy atom. The van der Waals surface area contributed by atoms with Crippen LogP contribution in [0.4, 0.5) is 5.82 Å². The van der Waals surface area contributed by atoms with Crippen molar-refractivity contribution in [1.29, 1.82) is 0 Å². The van der Waals surface area contributed by atoms with Crippen LogP contribution in [0.25, 0.3) is 0 Å². The first kappa shape index (κ1) is 15.5. The van der Waals surface area contributed by atoms with Gasteiger partial charge in [0.05, 0.1) is 9.26 Å². The molecule has 2 aromatic rings. The van der Waals surface area contributed by atoms with Crippen LogP contribution in [0.1, 0.15) is 30.9 Å². The fourth-order valence-electron chi connectivity index (χ4n) is 1.98. The van der Waals surface area contributed by atoms with Crippen LogP contribution < -0.4 is 5.73 Å². The molecule has 5 heteroatoms. The predicted molar refractivity (Wildman–Crippen MR) is 92.0 cm³/mol. The number of benzene rings is 1. The Morgan fingerprint density at radius 1 is 1.25 bits per heavy atom. The van der Waals surface area contributed by atoms with E-state index in [1.165, 1.54) is 0 Å². The van der Waals surface area contributed by atoms with Crippen LogP contribution in [0.3, 0.4) is 0 Å². The molecule has 0 bridgehead atoms. The lowest BCUT2D eigenvalue weighted by atomic mass is 10.1. The molecule has 2 rings (SSSR count). The van der Waals surface area contributed by atoms with Gasteiger partial charge < -0.3 is 5.73 Å². The summed E-state index contributed by atoms with van der Waals surface area (Å²) in [6, 6.07) is 7.75. The van der Waals surface area contributed by atoms with Crippen molar-refractivity contribution in [2.45, 2.75) is 26.7 Å². The monoisotopic (exact) mass is 401 g/mol. The van der Waals surface area contributed by atoms with Gasteiger partial charge in [-0.05, 0) is 46.6 Å². The molecule has 0 spiro atoms. The molecule has 20 heavy (non-hydrogen) atoms. The molecule has 106 valence electrons. The number of anilines is 1. The molecule has 2 N–H and O–H groups in total. The molecule has 0 atom stereocenters. The number of rotatable bonds is 4. The summed E-state index contributed by atoms with van der Waals surface area (Å²) >= 11 is 8.40. The molecular formula is C15H17ClIN3. The van der Waals surface area contributed by atoms with Gasteiger partial charge in [-0.25, -0.2) is 9.97 Å². The molecule has 0 fully saturated rings. The van der Waals surface area contributed by atoms with Gasteiger partial charge in [0.2, 0.25) is 0 Å². The van der Waals surface area contributed by atoms with Crippen LogP contribution in [0, 0.1) is 9.49 Å². The first-order valence-corrected chi connectivity index (χ1v) is 7.97. The third-order valence-corrected chi connectivity index (χ3v) is 4.44. The maximum absolute atomic E-state index is 6.18. The molecule has 1 aromatic heterocycles. The number of hydrogen-bond acceptors (Lipinski definition) is 3. The Morgan fingerprint density at radius 2 is 1.95 bits per heavy atom. The largest absolute Gasteiger partial charge is 0.383 e. The number of aromatic nitrogens is 2. The van der Waals surface area contributed by atoms with E-state index in [4.69, 9.17) is 17.3 Å². The van der Waals surface area contributed by atoms with Gasteiger partial charge in [0.15, 0.2) is 0 Å². The van der Waals surface area contributed by atoms with Crippen LogP contribution in [0.5, 0.6) is 0 Å². The van der Waals surface area contributed by atoms with Crippen molar-refractivity contribution in [3.8, 4) is 0 Å². The highest BCUT2D eigenvalue weighted by Crippen LogP contribution is 2.22. The normalized spacial score (nSPS) is 11.1. The van der Waals surface area contributed by atoms with Crippen LogP contribution in [-0.4, -0.2) is 9.97 Å². The van der Waals surface area contributed by atoms with Crippen LogP contribution >= 0.6 is 34.2 Å². The number of nitrogen functional groups attached to an aromatic ring is 1. The fourth-order valence-corrected chi connectivity index (χ4v) is 2.64. The summed E-state index contributed by atoms with van der Waals surface area (Å²) in [7, 11) is 0. The molecule has 0 saturated heterocycles. The van der Waals surface area contributed by atoms with Crippen LogP contribution in [-0.2, 0) is 12.8 Å². The summed E-state index contributed by atoms with van der Waals surface area (Å²) in [6.45, 7) is 4.34. The summed E-state index contributed by atoms with van der Waals surface area (Å²) in [5.74, 6) is 1.82. The van der Waals surface area contributed by atoms with Crippen molar-refractivity contribution in [2.75, 3.05) is 5.73 Å². The third kappa shape index (κ3) is 3.82. The Balaban J connectivity index is 2.33. The van der Waals surface area contributed by atoms with E-state index < -0.39 is 0 Å². The second-order valence-electron chi connectivity index (χ2n) is 5.15. The van der Waals surface area contributed by atoms with Crippen molar-refractivity contribution in [2.24, 2.45) is 5.92 Å². The van der Waals surface area contributed by atoms with Gasteiger partial charge in [0, 0.05) is 11.4 Å². The van der Waals surface area contributed by atoms with E-state index in [2.05, 4.69) is 46.4 Å². The van der Waals surface area contributed by atoms with Gasteiger partial charge in [-0.2, -0.15) is 0 Å². The molecule has 1 aromatic carbocycles. The summed E-state index contributed by atoms with van der Waals surface area (Å²) < 4.78 is 0.958. The van der Waals surface area contributed by atoms with E-state index in [1.807, 2.05) is 24.3 Å². The average Bonchev–Trinajstić information content (AvgIpc) is 2.37. The predicted octanol–water partition coefficient (Wildman–Crippen LogP) is 4.11. The average molecular weight is 402 g/mol. The summed E-state index contributed by atoms with van der Waals surface area (Å²) in [4.78, 5) is 9.03. The maximum atomic E-state index is 6.18. The van der Waals surface area contributed by atoms with Crippen molar-refractivity contribution in [1.82, 2.24) is 9.97 Å². The lowest BCUT2D eigenvalue weighted by Gasteiger charge is -2.11. The fraction of sp³-hybridized carbons (Fsp3) is 0.333. The lowest BCUT2D eigenvalue weighted by Crippen LogP contribution is -2.10. The quantitative estimate of drug-likeness (QED) is 0.785. The van der Waals surface area contributed by atoms with Crippen LogP contribution in [0.2, 0.25) is 5.02 Å². The third-order valence-electron chi connectivity index (χ3n) is 2.90. The molecule has 0 saturated carbocycles. The first-order valence-electron chi connectivity index (χ1n) is 6.51. The SMILES string of the molecule is CC(C)Cc1nc(Cc2ccccc2Cl)nc(N)c1I. The Hall–Kier alpha value is -0.880. The minimum absolute atomic E-state index is 0.533. The number of hydrogen-bond donors (Lipinski definition) is 1. The van der Waals surface area contributed by atoms with E-state index in [-0.39, 0.29) is 0 Å². The highest BCUT2D eigenvalue weighted by atomic mass is 127. The Kier molecular flexibility index (Phi) is 5.21. The summed E-state index contributed by atoms with van der Waals surface area (Å²) in [5.41, 5.74) is 8.04. The minimum Gasteiger partial charge on any atom is -0.383 e. The number of halogens is 2. The van der Waals surface area contributed by atoms with E-state index in [9.17, 15) is 0 Å². The van der Waals surface area contributed by atoms with Crippen molar-refractivity contribution in [3.05, 3.63) is 49.9 Å². The minimum atomic E-state index is 0.533. The van der Waals surface area contributed by atoms with Gasteiger partial charge >= 0.3 is 0 Å². The zero-order valence-corrected chi connectivity index (χ0v) is 14.4. The zero-order valence-electron chi connectivity index (χ0n) is 11.5. The van der Waals surface area contributed by atoms with Gasteiger partial charge in [-0.3, -0.25) is 0 Å². The molecule has 0 aliphatic carbocycles. The van der Waals surface area contributed by atoms with Crippen molar-refractivity contribution < 1.29 is 0 Å². The van der Waals surface area contributed by atoms with Gasteiger partial charge in [0.25, 0.3) is 0 Å².